The van der Waals surface area contributed by atoms with Crippen LogP contribution in [0.3, 0.4) is 0 Å². The molecule has 1 aliphatic rings. The topological polar surface area (TPSA) is 75.4 Å². The number of nitrogens with zero attached hydrogens (tertiary/aromatic N) is 1. The van der Waals surface area contributed by atoms with Crippen molar-refractivity contribution in [3.8, 4) is 0 Å². The first-order valence-electron chi connectivity index (χ1n) is 9.31. The molecule has 1 fully saturated rings. The maximum absolute atomic E-state index is 12.8. The molecule has 0 saturated carbocycles. The maximum atomic E-state index is 12.8. The summed E-state index contributed by atoms with van der Waals surface area (Å²) in [5.74, 6) is -0.475. The SMILES string of the molecule is CCC(CC)(CN)NC(=O)C1CCN(c2ccc(C(C)C)cc2)C1=O.Cl. The molecule has 0 spiro atoms. The molecule has 2 amide bonds. The Balaban J connectivity index is 0.00000338. The highest BCUT2D eigenvalue weighted by atomic mass is 35.5. The van der Waals surface area contributed by atoms with E-state index in [1.54, 1.807) is 4.90 Å². The van der Waals surface area contributed by atoms with E-state index in [2.05, 4.69) is 19.2 Å². The molecule has 146 valence electrons. The summed E-state index contributed by atoms with van der Waals surface area (Å²) in [6, 6.07) is 8.04. The third-order valence-corrected chi connectivity index (χ3v) is 5.53. The van der Waals surface area contributed by atoms with Crippen LogP contribution in [0.4, 0.5) is 5.69 Å². The summed E-state index contributed by atoms with van der Waals surface area (Å²) >= 11 is 0. The third-order valence-electron chi connectivity index (χ3n) is 5.53. The van der Waals surface area contributed by atoms with Crippen LogP contribution in [0.5, 0.6) is 0 Å². The van der Waals surface area contributed by atoms with E-state index in [-0.39, 0.29) is 24.2 Å². The Morgan fingerprint density at radius 2 is 1.85 bits per heavy atom. The summed E-state index contributed by atoms with van der Waals surface area (Å²) < 4.78 is 0. The van der Waals surface area contributed by atoms with Gasteiger partial charge in [-0.3, -0.25) is 9.59 Å². The van der Waals surface area contributed by atoms with Gasteiger partial charge in [-0.25, -0.2) is 0 Å². The van der Waals surface area contributed by atoms with E-state index in [9.17, 15) is 9.59 Å². The second-order valence-corrected chi connectivity index (χ2v) is 7.26. The molecule has 1 atom stereocenters. The number of amides is 2. The van der Waals surface area contributed by atoms with E-state index in [4.69, 9.17) is 5.73 Å². The highest BCUT2D eigenvalue weighted by Crippen LogP contribution is 2.28. The molecular formula is C20H32ClN3O2. The fraction of sp³-hybridized carbons (Fsp3) is 0.600. The molecule has 2 rings (SSSR count). The second kappa shape index (κ2) is 9.38. The monoisotopic (exact) mass is 381 g/mol. The number of benzene rings is 1. The number of anilines is 1. The molecule has 1 aromatic carbocycles. The molecule has 0 bridgehead atoms. The molecule has 1 heterocycles. The lowest BCUT2D eigenvalue weighted by molar-refractivity contribution is -0.133. The number of hydrogen-bond acceptors (Lipinski definition) is 3. The van der Waals surface area contributed by atoms with Gasteiger partial charge in [-0.1, -0.05) is 39.8 Å². The van der Waals surface area contributed by atoms with Crippen molar-refractivity contribution in [3.05, 3.63) is 29.8 Å². The van der Waals surface area contributed by atoms with E-state index in [0.29, 0.717) is 25.4 Å². The number of hydrogen-bond donors (Lipinski definition) is 2. The molecule has 1 aromatic rings. The van der Waals surface area contributed by atoms with Crippen LogP contribution >= 0.6 is 12.4 Å². The van der Waals surface area contributed by atoms with Crippen LogP contribution in [0.1, 0.15) is 58.4 Å². The van der Waals surface area contributed by atoms with Gasteiger partial charge in [-0.2, -0.15) is 0 Å². The number of carbonyl (C=O) groups is 2. The Hall–Kier alpha value is -1.59. The Labute approximate surface area is 163 Å². The van der Waals surface area contributed by atoms with Crippen LogP contribution in [0.25, 0.3) is 0 Å². The van der Waals surface area contributed by atoms with E-state index >= 15 is 0 Å². The van der Waals surface area contributed by atoms with Crippen molar-refractivity contribution in [2.24, 2.45) is 11.7 Å². The first kappa shape index (κ1) is 22.5. The number of nitrogens with two attached hydrogens (primary N) is 1. The third kappa shape index (κ3) is 4.57. The molecular weight excluding hydrogens is 350 g/mol. The summed E-state index contributed by atoms with van der Waals surface area (Å²) in [7, 11) is 0. The van der Waals surface area contributed by atoms with Crippen LogP contribution in [0.2, 0.25) is 0 Å². The molecule has 0 radical (unpaired) electrons. The summed E-state index contributed by atoms with van der Waals surface area (Å²) in [5, 5.41) is 3.04. The van der Waals surface area contributed by atoms with E-state index < -0.39 is 11.5 Å². The molecule has 0 aliphatic carbocycles. The van der Waals surface area contributed by atoms with Crippen molar-refractivity contribution in [2.75, 3.05) is 18.0 Å². The van der Waals surface area contributed by atoms with Crippen molar-refractivity contribution in [3.63, 3.8) is 0 Å². The van der Waals surface area contributed by atoms with Crippen molar-refractivity contribution in [1.29, 1.82) is 0 Å². The summed E-state index contributed by atoms with van der Waals surface area (Å²) in [6.45, 7) is 9.26. The Bertz CT molecular complexity index is 604. The Morgan fingerprint density at radius 3 is 2.31 bits per heavy atom. The van der Waals surface area contributed by atoms with Gasteiger partial charge in [0.1, 0.15) is 5.92 Å². The number of carbonyl (C=O) groups excluding carboxylic acids is 2. The molecule has 0 aromatic heterocycles. The zero-order chi connectivity index (χ0) is 18.6. The lowest BCUT2D eigenvalue weighted by atomic mass is 9.91. The fourth-order valence-corrected chi connectivity index (χ4v) is 3.33. The molecule has 3 N–H and O–H groups in total. The van der Waals surface area contributed by atoms with E-state index in [1.165, 1.54) is 5.56 Å². The van der Waals surface area contributed by atoms with Gasteiger partial charge in [0.25, 0.3) is 0 Å². The quantitative estimate of drug-likeness (QED) is 0.712. The lowest BCUT2D eigenvalue weighted by Gasteiger charge is -2.32. The summed E-state index contributed by atoms with van der Waals surface area (Å²) in [6.07, 6.45) is 2.06. The standard InChI is InChI=1S/C20H31N3O2.ClH/c1-5-20(6-2,13-21)22-18(24)17-11-12-23(19(17)25)16-9-7-15(8-10-16)14(3)4;/h7-10,14,17H,5-6,11-13,21H2,1-4H3,(H,22,24);1H. The smallest absolute Gasteiger partial charge is 0.239 e. The zero-order valence-corrected chi connectivity index (χ0v) is 17.1. The minimum absolute atomic E-state index is 0. The van der Waals surface area contributed by atoms with Gasteiger partial charge < -0.3 is 16.0 Å². The minimum atomic E-state index is -0.617. The van der Waals surface area contributed by atoms with Crippen LogP contribution < -0.4 is 16.0 Å². The molecule has 26 heavy (non-hydrogen) atoms. The maximum Gasteiger partial charge on any atom is 0.239 e. The molecule has 5 nitrogen and oxygen atoms in total. The van der Waals surface area contributed by atoms with Gasteiger partial charge >= 0.3 is 0 Å². The van der Waals surface area contributed by atoms with Crippen LogP contribution in [-0.2, 0) is 9.59 Å². The zero-order valence-electron chi connectivity index (χ0n) is 16.2. The highest BCUT2D eigenvalue weighted by molar-refractivity contribution is 6.09. The van der Waals surface area contributed by atoms with Gasteiger partial charge in [-0.15, -0.1) is 12.4 Å². The van der Waals surface area contributed by atoms with Crippen molar-refractivity contribution in [2.45, 2.75) is 58.4 Å². The van der Waals surface area contributed by atoms with Crippen molar-refractivity contribution < 1.29 is 9.59 Å². The molecule has 1 aliphatic heterocycles. The Morgan fingerprint density at radius 1 is 1.27 bits per heavy atom. The van der Waals surface area contributed by atoms with Crippen LogP contribution in [-0.4, -0.2) is 30.4 Å². The summed E-state index contributed by atoms with van der Waals surface area (Å²) in [5.41, 5.74) is 7.55. The van der Waals surface area contributed by atoms with E-state index in [1.807, 2.05) is 38.1 Å². The number of rotatable bonds is 7. The Kier molecular flexibility index (Phi) is 8.10. The first-order chi connectivity index (χ1) is 11.9. The van der Waals surface area contributed by atoms with Gasteiger partial charge in [0.2, 0.25) is 11.8 Å². The molecule has 1 saturated heterocycles. The summed E-state index contributed by atoms with van der Waals surface area (Å²) in [4.78, 5) is 27.1. The predicted molar refractivity (Wildman–Crippen MR) is 109 cm³/mol. The predicted octanol–water partition coefficient (Wildman–Crippen LogP) is 3.22. The van der Waals surface area contributed by atoms with Gasteiger partial charge in [0, 0.05) is 18.8 Å². The number of nitrogens with one attached hydrogen (secondary N) is 1. The van der Waals surface area contributed by atoms with Gasteiger partial charge in [0.05, 0.1) is 5.54 Å². The average molecular weight is 382 g/mol. The van der Waals surface area contributed by atoms with Gasteiger partial charge in [0.15, 0.2) is 0 Å². The normalized spacial score (nSPS) is 17.4. The van der Waals surface area contributed by atoms with Gasteiger partial charge in [-0.05, 0) is 42.9 Å². The number of halogens is 1. The highest BCUT2D eigenvalue weighted by Gasteiger charge is 2.40. The van der Waals surface area contributed by atoms with Crippen LogP contribution in [0.15, 0.2) is 24.3 Å². The van der Waals surface area contributed by atoms with Crippen molar-refractivity contribution in [1.82, 2.24) is 5.32 Å². The lowest BCUT2D eigenvalue weighted by Crippen LogP contribution is -2.55. The largest absolute Gasteiger partial charge is 0.349 e. The second-order valence-electron chi connectivity index (χ2n) is 7.26. The average Bonchev–Trinajstić information content (AvgIpc) is 3.01. The van der Waals surface area contributed by atoms with E-state index in [0.717, 1.165) is 18.5 Å². The minimum Gasteiger partial charge on any atom is -0.349 e. The fourth-order valence-electron chi connectivity index (χ4n) is 3.33. The molecule has 1 unspecified atom stereocenters. The van der Waals surface area contributed by atoms with Crippen molar-refractivity contribution >= 4 is 29.9 Å². The first-order valence-corrected chi connectivity index (χ1v) is 9.31. The molecule has 6 heteroatoms. The van der Waals surface area contributed by atoms with Crippen LogP contribution in [0, 0.1) is 5.92 Å².